The van der Waals surface area contributed by atoms with Crippen LogP contribution in [0, 0.1) is 11.7 Å². The van der Waals surface area contributed by atoms with E-state index < -0.39 is 23.3 Å². The Morgan fingerprint density at radius 2 is 1.66 bits per heavy atom. The van der Waals surface area contributed by atoms with E-state index in [0.717, 1.165) is 16.7 Å². The topological polar surface area (TPSA) is 78.0 Å². The molecule has 0 fully saturated rings. The smallest absolute Gasteiger partial charge is 0.343 e. The number of hydrogen-bond donors (Lipinski definition) is 0. The van der Waals surface area contributed by atoms with Crippen molar-refractivity contribution in [2.45, 2.75) is 98.9 Å². The zero-order valence-corrected chi connectivity index (χ0v) is 27.7. The molecule has 2 aromatic carbocycles. The van der Waals surface area contributed by atoms with Gasteiger partial charge in [-0.1, -0.05) is 26.0 Å². The summed E-state index contributed by atoms with van der Waals surface area (Å²) in [6, 6.07) is 14.0. The minimum absolute atomic E-state index is 0.151. The van der Waals surface area contributed by atoms with Crippen LogP contribution in [0.15, 0.2) is 54.7 Å². The number of benzene rings is 2. The Morgan fingerprint density at radius 1 is 0.977 bits per heavy atom. The summed E-state index contributed by atoms with van der Waals surface area (Å²) >= 11 is 0. The van der Waals surface area contributed by atoms with E-state index in [2.05, 4.69) is 37.6 Å². The highest BCUT2D eigenvalue weighted by atomic mass is 19.1. The van der Waals surface area contributed by atoms with Crippen molar-refractivity contribution in [1.29, 1.82) is 0 Å². The summed E-state index contributed by atoms with van der Waals surface area (Å²) in [4.78, 5) is 32.7. The summed E-state index contributed by atoms with van der Waals surface area (Å²) in [6.07, 6.45) is 2.28. The average Bonchev–Trinajstić information content (AvgIpc) is 2.96. The number of nitrogens with zero attached hydrogens (tertiary/aromatic N) is 2. The first-order valence-corrected chi connectivity index (χ1v) is 15.3. The standard InChI is InChI=1S/C36H47FN2O5/c1-11-29(24(6)34(40)44-36(7,8)9)25-13-12-14-27(17-25)35(41)43-32-18-28(21-39(22(2)3)23(4)5)30(20-31(32)37)26-15-16-38-33(19-26)42-10/h12-20,22-24,29H,11,21H2,1-10H3/t24-,29+/m0/s1. The molecule has 0 saturated carbocycles. The molecule has 3 aromatic rings. The second kappa shape index (κ2) is 14.8. The summed E-state index contributed by atoms with van der Waals surface area (Å²) < 4.78 is 32.2. The van der Waals surface area contributed by atoms with Gasteiger partial charge in [-0.2, -0.15) is 0 Å². The van der Waals surface area contributed by atoms with E-state index in [1.165, 1.54) is 13.2 Å². The Labute approximate surface area is 261 Å². The number of hydrogen-bond acceptors (Lipinski definition) is 7. The molecule has 44 heavy (non-hydrogen) atoms. The normalized spacial score (nSPS) is 13.2. The van der Waals surface area contributed by atoms with Crippen molar-refractivity contribution in [3.8, 4) is 22.8 Å². The van der Waals surface area contributed by atoms with E-state index in [9.17, 15) is 9.59 Å². The fourth-order valence-electron chi connectivity index (χ4n) is 5.41. The van der Waals surface area contributed by atoms with Crippen molar-refractivity contribution >= 4 is 11.9 Å². The van der Waals surface area contributed by atoms with Gasteiger partial charge < -0.3 is 14.2 Å². The number of halogens is 1. The monoisotopic (exact) mass is 606 g/mol. The second-order valence-corrected chi connectivity index (χ2v) is 12.7. The fraction of sp³-hybridized carbons (Fsp3) is 0.472. The van der Waals surface area contributed by atoms with Crippen LogP contribution in [-0.2, 0) is 16.1 Å². The Balaban J connectivity index is 1.97. The Bertz CT molecular complexity index is 1440. The van der Waals surface area contributed by atoms with Crippen molar-refractivity contribution in [2.24, 2.45) is 5.92 Å². The molecule has 0 spiro atoms. The van der Waals surface area contributed by atoms with E-state index in [1.807, 2.05) is 40.7 Å². The van der Waals surface area contributed by atoms with Gasteiger partial charge in [-0.05, 0) is 113 Å². The number of aromatic nitrogens is 1. The first-order valence-electron chi connectivity index (χ1n) is 15.3. The highest BCUT2D eigenvalue weighted by molar-refractivity contribution is 5.91. The van der Waals surface area contributed by atoms with Crippen LogP contribution >= 0.6 is 0 Å². The van der Waals surface area contributed by atoms with Crippen LogP contribution < -0.4 is 9.47 Å². The first-order chi connectivity index (χ1) is 20.6. The minimum Gasteiger partial charge on any atom is -0.481 e. The summed E-state index contributed by atoms with van der Waals surface area (Å²) in [7, 11) is 1.53. The maximum Gasteiger partial charge on any atom is 0.343 e. The zero-order valence-electron chi connectivity index (χ0n) is 27.7. The molecule has 0 aliphatic carbocycles. The lowest BCUT2D eigenvalue weighted by Crippen LogP contribution is -2.36. The number of carbonyl (C=O) groups is 2. The summed E-state index contributed by atoms with van der Waals surface area (Å²) in [5, 5.41) is 0. The lowest BCUT2D eigenvalue weighted by atomic mass is 9.84. The van der Waals surface area contributed by atoms with Crippen molar-refractivity contribution in [3.05, 3.63) is 77.2 Å². The molecule has 0 aliphatic rings. The molecule has 0 aliphatic heterocycles. The van der Waals surface area contributed by atoms with Gasteiger partial charge in [0.1, 0.15) is 5.60 Å². The van der Waals surface area contributed by atoms with E-state index in [1.54, 1.807) is 42.6 Å². The van der Waals surface area contributed by atoms with Crippen molar-refractivity contribution in [1.82, 2.24) is 9.88 Å². The van der Waals surface area contributed by atoms with Crippen LogP contribution in [-0.4, -0.2) is 46.6 Å². The van der Waals surface area contributed by atoms with Crippen molar-refractivity contribution in [3.63, 3.8) is 0 Å². The largest absolute Gasteiger partial charge is 0.481 e. The molecule has 0 saturated heterocycles. The molecule has 2 atom stereocenters. The van der Waals surface area contributed by atoms with Crippen molar-refractivity contribution in [2.75, 3.05) is 7.11 Å². The van der Waals surface area contributed by atoms with Gasteiger partial charge in [0, 0.05) is 30.9 Å². The van der Waals surface area contributed by atoms with Gasteiger partial charge in [0.2, 0.25) is 5.88 Å². The van der Waals surface area contributed by atoms with Crippen LogP contribution in [0.4, 0.5) is 4.39 Å². The molecule has 7 nitrogen and oxygen atoms in total. The van der Waals surface area contributed by atoms with E-state index in [0.29, 0.717) is 24.4 Å². The van der Waals surface area contributed by atoms with Crippen LogP contribution in [0.5, 0.6) is 11.6 Å². The molecule has 0 radical (unpaired) electrons. The van der Waals surface area contributed by atoms with E-state index >= 15 is 4.39 Å². The number of rotatable bonds is 12. The van der Waals surface area contributed by atoms with E-state index in [4.69, 9.17) is 14.2 Å². The summed E-state index contributed by atoms with van der Waals surface area (Å²) in [6.45, 7) is 18.3. The average molecular weight is 607 g/mol. The number of methoxy groups -OCH3 is 1. The number of ether oxygens (including phenoxy) is 3. The SMILES string of the molecule is CC[C@@H](c1cccc(C(=O)Oc2cc(CN(C(C)C)C(C)C)c(-c3ccnc(OC)c3)cc2F)c1)[C@H](C)C(=O)OC(C)(C)C. The molecule has 0 bridgehead atoms. The van der Waals surface area contributed by atoms with Gasteiger partial charge >= 0.3 is 11.9 Å². The minimum atomic E-state index is -0.681. The van der Waals surface area contributed by atoms with Crippen LogP contribution in [0.3, 0.4) is 0 Å². The number of pyridine rings is 1. The van der Waals surface area contributed by atoms with Crippen LogP contribution in [0.1, 0.15) is 96.1 Å². The molecule has 0 amide bonds. The molecule has 0 unspecified atom stereocenters. The second-order valence-electron chi connectivity index (χ2n) is 12.7. The predicted molar refractivity (Wildman–Crippen MR) is 171 cm³/mol. The zero-order chi connectivity index (χ0) is 32.8. The Morgan fingerprint density at radius 3 is 2.25 bits per heavy atom. The van der Waals surface area contributed by atoms with Gasteiger partial charge in [-0.3, -0.25) is 9.69 Å². The molecular formula is C36H47FN2O5. The first kappa shape index (κ1) is 34.7. The van der Waals surface area contributed by atoms with E-state index in [-0.39, 0.29) is 35.3 Å². The molecule has 8 heteroatoms. The Kier molecular flexibility index (Phi) is 11.7. The van der Waals surface area contributed by atoms with Gasteiger partial charge in [0.15, 0.2) is 11.6 Å². The predicted octanol–water partition coefficient (Wildman–Crippen LogP) is 8.21. The fourth-order valence-corrected chi connectivity index (χ4v) is 5.41. The third kappa shape index (κ3) is 8.88. The van der Waals surface area contributed by atoms with Gasteiger partial charge in [0.25, 0.3) is 0 Å². The maximum atomic E-state index is 15.6. The lowest BCUT2D eigenvalue weighted by molar-refractivity contribution is -0.160. The molecular weight excluding hydrogens is 559 g/mol. The number of carbonyl (C=O) groups excluding carboxylic acids is 2. The van der Waals surface area contributed by atoms with Crippen LogP contribution in [0.25, 0.3) is 11.1 Å². The molecule has 238 valence electrons. The van der Waals surface area contributed by atoms with Crippen molar-refractivity contribution < 1.29 is 28.2 Å². The summed E-state index contributed by atoms with van der Waals surface area (Å²) in [5.74, 6) is -1.96. The van der Waals surface area contributed by atoms with Gasteiger partial charge in [-0.25, -0.2) is 14.2 Å². The third-order valence-electron chi connectivity index (χ3n) is 7.67. The van der Waals surface area contributed by atoms with Gasteiger partial charge in [-0.15, -0.1) is 0 Å². The quantitative estimate of drug-likeness (QED) is 0.152. The number of esters is 2. The Hall–Kier alpha value is -3.78. The highest BCUT2D eigenvalue weighted by Gasteiger charge is 2.29. The van der Waals surface area contributed by atoms with Gasteiger partial charge in [0.05, 0.1) is 18.6 Å². The maximum absolute atomic E-state index is 15.6. The lowest BCUT2D eigenvalue weighted by Gasteiger charge is -2.31. The highest BCUT2D eigenvalue weighted by Crippen LogP contribution is 2.34. The summed E-state index contributed by atoms with van der Waals surface area (Å²) in [5.41, 5.74) is 2.70. The molecule has 3 rings (SSSR count). The van der Waals surface area contributed by atoms with Crippen LogP contribution in [0.2, 0.25) is 0 Å². The molecule has 1 aromatic heterocycles. The molecule has 0 N–H and O–H groups in total. The third-order valence-corrected chi connectivity index (χ3v) is 7.67. The molecule has 1 heterocycles.